The van der Waals surface area contributed by atoms with Crippen molar-refractivity contribution < 1.29 is 4.79 Å². The first kappa shape index (κ1) is 14.6. The second-order valence-corrected chi connectivity index (χ2v) is 6.77. The van der Waals surface area contributed by atoms with E-state index in [1.165, 1.54) is 38.8 Å². The Kier molecular flexibility index (Phi) is 4.29. The lowest BCUT2D eigenvalue weighted by molar-refractivity contribution is -0.131. The molecule has 0 bridgehead atoms. The molecule has 0 aliphatic carbocycles. The monoisotopic (exact) mass is 290 g/mol. The summed E-state index contributed by atoms with van der Waals surface area (Å²) in [5.74, 6) is 0.234. The molecule has 2 saturated heterocycles. The number of hydrogen-bond acceptors (Lipinski definition) is 3. The Hall–Kier alpha value is -1.36. The zero-order valence-corrected chi connectivity index (χ0v) is 13.0. The highest BCUT2D eigenvalue weighted by molar-refractivity contribution is 5.76. The molecule has 0 N–H and O–H groups in total. The number of likely N-dealkylation sites (tertiary alicyclic amines) is 2. The Labute approximate surface area is 126 Å². The Balaban J connectivity index is 1.56. The van der Waals surface area contributed by atoms with E-state index in [4.69, 9.17) is 0 Å². The third-order valence-corrected chi connectivity index (χ3v) is 5.32. The van der Waals surface area contributed by atoms with Gasteiger partial charge in [0.1, 0.15) is 6.54 Å². The first-order valence-corrected chi connectivity index (χ1v) is 8.09. The van der Waals surface area contributed by atoms with Gasteiger partial charge in [-0.25, -0.2) is 4.98 Å². The van der Waals surface area contributed by atoms with Crippen LogP contribution in [0.2, 0.25) is 0 Å². The Morgan fingerprint density at radius 1 is 1.14 bits per heavy atom. The Morgan fingerprint density at radius 2 is 1.90 bits per heavy atom. The maximum Gasteiger partial charge on any atom is 0.242 e. The number of piperidine rings is 1. The van der Waals surface area contributed by atoms with Crippen molar-refractivity contribution in [3.63, 3.8) is 0 Å². The Bertz CT molecular complexity index is 463. The molecule has 5 nitrogen and oxygen atoms in total. The molecular weight excluding hydrogens is 264 g/mol. The molecule has 1 amide bonds. The third kappa shape index (κ3) is 3.46. The Morgan fingerprint density at radius 3 is 2.62 bits per heavy atom. The minimum absolute atomic E-state index is 0.234. The lowest BCUT2D eigenvalue weighted by Gasteiger charge is -2.40. The second kappa shape index (κ2) is 6.18. The normalized spacial score (nSPS) is 23.2. The van der Waals surface area contributed by atoms with Crippen LogP contribution in [0.15, 0.2) is 18.7 Å². The predicted octanol–water partition coefficient (Wildman–Crippen LogP) is 1.61. The minimum Gasteiger partial charge on any atom is -0.341 e. The van der Waals surface area contributed by atoms with E-state index in [2.05, 4.69) is 21.8 Å². The van der Waals surface area contributed by atoms with Gasteiger partial charge in [0.2, 0.25) is 5.91 Å². The van der Waals surface area contributed by atoms with Gasteiger partial charge in [0.25, 0.3) is 0 Å². The van der Waals surface area contributed by atoms with Gasteiger partial charge in [-0.3, -0.25) is 4.79 Å². The molecule has 0 unspecified atom stereocenters. The van der Waals surface area contributed by atoms with Gasteiger partial charge in [0.15, 0.2) is 0 Å². The summed E-state index contributed by atoms with van der Waals surface area (Å²) in [7, 11) is 2.21. The topological polar surface area (TPSA) is 41.4 Å². The first-order valence-electron chi connectivity index (χ1n) is 8.09. The summed E-state index contributed by atoms with van der Waals surface area (Å²) in [6.07, 6.45) is 11.5. The van der Waals surface area contributed by atoms with Crippen LogP contribution in [0.3, 0.4) is 0 Å². The average Bonchev–Trinajstić information content (AvgIpc) is 2.89. The van der Waals surface area contributed by atoms with Crippen molar-refractivity contribution in [2.75, 3.05) is 33.2 Å². The molecule has 0 atom stereocenters. The van der Waals surface area contributed by atoms with Gasteiger partial charge in [-0.1, -0.05) is 0 Å². The summed E-state index contributed by atoms with van der Waals surface area (Å²) in [6.45, 7) is 4.70. The molecule has 5 heteroatoms. The van der Waals surface area contributed by atoms with E-state index in [9.17, 15) is 4.79 Å². The fourth-order valence-corrected chi connectivity index (χ4v) is 3.73. The summed E-state index contributed by atoms with van der Waals surface area (Å²) in [4.78, 5) is 20.9. The van der Waals surface area contributed by atoms with Gasteiger partial charge in [-0.05, 0) is 57.7 Å². The molecule has 2 fully saturated rings. The summed E-state index contributed by atoms with van der Waals surface area (Å²) in [5.41, 5.74) is 0.497. The number of hydrogen-bond donors (Lipinski definition) is 0. The molecule has 3 heterocycles. The van der Waals surface area contributed by atoms with E-state index < -0.39 is 0 Å². The maximum atomic E-state index is 12.4. The van der Waals surface area contributed by atoms with E-state index in [0.29, 0.717) is 12.0 Å². The molecular formula is C16H26N4O. The third-order valence-electron chi connectivity index (χ3n) is 5.32. The zero-order chi connectivity index (χ0) is 14.7. The number of nitrogens with zero attached hydrogens (tertiary/aromatic N) is 4. The van der Waals surface area contributed by atoms with Crippen LogP contribution < -0.4 is 0 Å². The highest BCUT2D eigenvalue weighted by Crippen LogP contribution is 2.40. The number of amides is 1. The smallest absolute Gasteiger partial charge is 0.242 e. The number of carbonyl (C=O) groups excluding carboxylic acids is 1. The number of aromatic nitrogens is 2. The van der Waals surface area contributed by atoms with Crippen molar-refractivity contribution in [2.24, 2.45) is 5.41 Å². The van der Waals surface area contributed by atoms with E-state index in [-0.39, 0.29) is 5.91 Å². The first-order chi connectivity index (χ1) is 10.2. The molecule has 21 heavy (non-hydrogen) atoms. The van der Waals surface area contributed by atoms with Gasteiger partial charge < -0.3 is 14.4 Å². The van der Waals surface area contributed by atoms with Crippen molar-refractivity contribution in [3.05, 3.63) is 18.7 Å². The van der Waals surface area contributed by atoms with Crippen molar-refractivity contribution in [2.45, 2.75) is 38.6 Å². The average molecular weight is 290 g/mol. The van der Waals surface area contributed by atoms with Gasteiger partial charge in [-0.2, -0.15) is 0 Å². The van der Waals surface area contributed by atoms with Gasteiger partial charge >= 0.3 is 0 Å². The zero-order valence-electron chi connectivity index (χ0n) is 13.0. The van der Waals surface area contributed by atoms with Gasteiger partial charge in [-0.15, -0.1) is 0 Å². The summed E-state index contributed by atoms with van der Waals surface area (Å²) in [5, 5.41) is 0. The van der Waals surface area contributed by atoms with E-state index in [0.717, 1.165) is 19.5 Å². The predicted molar refractivity (Wildman–Crippen MR) is 81.8 cm³/mol. The van der Waals surface area contributed by atoms with E-state index >= 15 is 0 Å². The van der Waals surface area contributed by atoms with Crippen LogP contribution in [0.1, 0.15) is 32.1 Å². The standard InChI is InChI=1S/C16H26N4O/c1-18-9-4-16(5-10-18)3-2-8-20(11-6-16)15(21)13-19-12-7-17-14-19/h7,12,14H,2-6,8-11,13H2,1H3. The van der Waals surface area contributed by atoms with E-state index in [1.54, 1.807) is 12.5 Å². The van der Waals surface area contributed by atoms with Crippen LogP contribution in [-0.4, -0.2) is 58.5 Å². The second-order valence-electron chi connectivity index (χ2n) is 6.77. The number of carbonyl (C=O) groups is 1. The van der Waals surface area contributed by atoms with Crippen LogP contribution in [0.4, 0.5) is 0 Å². The van der Waals surface area contributed by atoms with Gasteiger partial charge in [0, 0.05) is 25.5 Å². The molecule has 1 aromatic rings. The molecule has 1 spiro atoms. The van der Waals surface area contributed by atoms with Crippen molar-refractivity contribution >= 4 is 5.91 Å². The quantitative estimate of drug-likeness (QED) is 0.831. The van der Waals surface area contributed by atoms with Crippen LogP contribution in [-0.2, 0) is 11.3 Å². The molecule has 0 aromatic carbocycles. The van der Waals surface area contributed by atoms with E-state index in [1.807, 2.05) is 10.8 Å². The molecule has 0 saturated carbocycles. The lowest BCUT2D eigenvalue weighted by Crippen LogP contribution is -2.39. The fraction of sp³-hybridized carbons (Fsp3) is 0.750. The molecule has 3 rings (SSSR count). The van der Waals surface area contributed by atoms with Crippen LogP contribution in [0, 0.1) is 5.41 Å². The fourth-order valence-electron chi connectivity index (χ4n) is 3.73. The highest BCUT2D eigenvalue weighted by Gasteiger charge is 2.35. The lowest BCUT2D eigenvalue weighted by atomic mass is 9.73. The van der Waals surface area contributed by atoms with Crippen molar-refractivity contribution in [1.29, 1.82) is 0 Å². The summed E-state index contributed by atoms with van der Waals surface area (Å²) < 4.78 is 1.86. The molecule has 116 valence electrons. The van der Waals surface area contributed by atoms with Crippen LogP contribution in [0.25, 0.3) is 0 Å². The molecule has 1 aromatic heterocycles. The van der Waals surface area contributed by atoms with Crippen LogP contribution >= 0.6 is 0 Å². The molecule has 2 aliphatic rings. The largest absolute Gasteiger partial charge is 0.341 e. The molecule has 0 radical (unpaired) electrons. The molecule has 2 aliphatic heterocycles. The maximum absolute atomic E-state index is 12.4. The van der Waals surface area contributed by atoms with Crippen molar-refractivity contribution in [3.8, 4) is 0 Å². The highest BCUT2D eigenvalue weighted by atomic mass is 16.2. The number of imidazole rings is 1. The summed E-state index contributed by atoms with van der Waals surface area (Å²) >= 11 is 0. The van der Waals surface area contributed by atoms with Crippen molar-refractivity contribution in [1.82, 2.24) is 19.4 Å². The summed E-state index contributed by atoms with van der Waals surface area (Å²) in [6, 6.07) is 0. The van der Waals surface area contributed by atoms with Crippen LogP contribution in [0.5, 0.6) is 0 Å². The van der Waals surface area contributed by atoms with Gasteiger partial charge in [0.05, 0.1) is 6.33 Å². The number of rotatable bonds is 2. The minimum atomic E-state index is 0.234. The SMILES string of the molecule is CN1CCC2(CCCN(C(=O)Cn3ccnc3)CC2)CC1.